The van der Waals surface area contributed by atoms with E-state index >= 15 is 0 Å². The van der Waals surface area contributed by atoms with Crippen molar-refractivity contribution in [2.45, 2.75) is 38.9 Å². The van der Waals surface area contributed by atoms with Crippen LogP contribution in [0.4, 0.5) is 0 Å². The Morgan fingerprint density at radius 3 is 2.31 bits per heavy atom. The summed E-state index contributed by atoms with van der Waals surface area (Å²) < 4.78 is 6.05. The Labute approximate surface area is 83.2 Å². The van der Waals surface area contributed by atoms with Gasteiger partial charge in [0.2, 0.25) is 8.32 Å². The molecule has 0 aliphatic carbocycles. The first-order chi connectivity index (χ1) is 5.83. The molecule has 71 valence electrons. The van der Waals surface area contributed by atoms with Gasteiger partial charge in [0.25, 0.3) is 0 Å². The Bertz CT molecular complexity index is 248. The molecule has 1 heterocycles. The first kappa shape index (κ1) is 10.6. The van der Waals surface area contributed by atoms with Gasteiger partial charge in [0, 0.05) is 0 Å². The van der Waals surface area contributed by atoms with E-state index in [4.69, 9.17) is 4.43 Å². The molecule has 0 saturated heterocycles. The van der Waals surface area contributed by atoms with Crippen LogP contribution in [0.1, 0.15) is 20.8 Å². The lowest BCUT2D eigenvalue weighted by Crippen LogP contribution is -2.40. The molecule has 13 heavy (non-hydrogen) atoms. The van der Waals surface area contributed by atoms with E-state index in [0.717, 1.165) is 5.76 Å². The number of hydrogen-bond donors (Lipinski definition) is 0. The Kier molecular flexibility index (Phi) is 2.76. The summed E-state index contributed by atoms with van der Waals surface area (Å²) in [4.78, 5) is 0. The Morgan fingerprint density at radius 2 is 1.92 bits per heavy atom. The van der Waals surface area contributed by atoms with Crippen molar-refractivity contribution in [1.82, 2.24) is 0 Å². The minimum absolute atomic E-state index is 0.282. The van der Waals surface area contributed by atoms with Crippen LogP contribution in [0.15, 0.2) is 23.8 Å². The molecule has 0 N–H and O–H groups in total. The van der Waals surface area contributed by atoms with Gasteiger partial charge in [0.1, 0.15) is 0 Å². The van der Waals surface area contributed by atoms with E-state index in [1.165, 1.54) is 0 Å². The molecule has 0 unspecified atom stereocenters. The van der Waals surface area contributed by atoms with Gasteiger partial charge in [-0.3, -0.25) is 0 Å². The maximum absolute atomic E-state index is 6.05. The maximum atomic E-state index is 6.05. The van der Waals surface area contributed by atoms with Crippen molar-refractivity contribution >= 4 is 15.6 Å². The van der Waals surface area contributed by atoms with Gasteiger partial charge in [-0.1, -0.05) is 26.7 Å². The normalized spacial score (nSPS) is 16.8. The van der Waals surface area contributed by atoms with Gasteiger partial charge in [-0.05, 0) is 24.2 Å². The summed E-state index contributed by atoms with van der Waals surface area (Å²) in [5.74, 6) is 5.06. The van der Waals surface area contributed by atoms with E-state index in [2.05, 4.69) is 33.9 Å². The largest absolute Gasteiger partial charge is 0.544 e. The van der Waals surface area contributed by atoms with Crippen LogP contribution in [0, 0.1) is 0 Å². The lowest BCUT2D eigenvalue weighted by atomic mass is 9.82. The zero-order valence-corrected chi connectivity index (χ0v) is 10.2. The lowest BCUT2D eigenvalue weighted by Gasteiger charge is -2.36. The second kappa shape index (κ2) is 3.37. The second-order valence-corrected chi connectivity index (χ2v) is 9.71. The average Bonchev–Trinajstić information content (AvgIpc) is 2.35. The van der Waals surface area contributed by atoms with Crippen molar-refractivity contribution in [3.63, 3.8) is 0 Å². The third-order valence-electron chi connectivity index (χ3n) is 2.81. The molecule has 0 aromatic rings. The van der Waals surface area contributed by atoms with E-state index in [-0.39, 0.29) is 5.04 Å². The molecule has 0 aromatic heterocycles. The molecule has 0 amide bonds. The van der Waals surface area contributed by atoms with Crippen LogP contribution in [0.2, 0.25) is 18.1 Å². The van der Waals surface area contributed by atoms with Crippen molar-refractivity contribution < 1.29 is 4.43 Å². The van der Waals surface area contributed by atoms with Gasteiger partial charge in [0.15, 0.2) is 7.28 Å². The highest BCUT2D eigenvalue weighted by Gasteiger charge is 2.39. The van der Waals surface area contributed by atoms with E-state index in [1.807, 2.05) is 25.3 Å². The van der Waals surface area contributed by atoms with E-state index in [1.54, 1.807) is 0 Å². The molecule has 3 heteroatoms. The van der Waals surface area contributed by atoms with Crippen LogP contribution in [0.5, 0.6) is 0 Å². The smallest absolute Gasteiger partial charge is 0.250 e. The predicted octanol–water partition coefficient (Wildman–Crippen LogP) is 3.08. The van der Waals surface area contributed by atoms with Crippen LogP contribution < -0.4 is 0 Å². The van der Waals surface area contributed by atoms with Crippen molar-refractivity contribution in [3.05, 3.63) is 23.8 Å². The van der Waals surface area contributed by atoms with Gasteiger partial charge >= 0.3 is 0 Å². The average molecular weight is 193 g/mol. The first-order valence-electron chi connectivity index (χ1n) is 4.74. The highest BCUT2D eigenvalue weighted by molar-refractivity contribution is 6.74. The molecule has 1 aliphatic rings. The second-order valence-electron chi connectivity index (χ2n) is 4.98. The molecule has 1 rings (SSSR count). The summed E-state index contributed by atoms with van der Waals surface area (Å²) in [5, 5.41) is 0.282. The third kappa shape index (κ3) is 2.50. The molecule has 0 atom stereocenters. The van der Waals surface area contributed by atoms with Crippen LogP contribution in [-0.2, 0) is 4.43 Å². The van der Waals surface area contributed by atoms with Gasteiger partial charge in [0.05, 0.1) is 5.76 Å². The molecule has 0 spiro atoms. The van der Waals surface area contributed by atoms with E-state index in [9.17, 15) is 0 Å². The molecular formula is C10H18BOSi. The zero-order chi connectivity index (χ0) is 10.1. The summed E-state index contributed by atoms with van der Waals surface area (Å²) in [6.07, 6.45) is 2.03. The van der Waals surface area contributed by atoms with Crippen LogP contribution >= 0.6 is 0 Å². The molecule has 0 bridgehead atoms. The number of allylic oxidation sites excluding steroid dienone is 1. The quantitative estimate of drug-likeness (QED) is 0.612. The van der Waals surface area contributed by atoms with Crippen LogP contribution in [-0.4, -0.2) is 15.6 Å². The monoisotopic (exact) mass is 193 g/mol. The van der Waals surface area contributed by atoms with E-state index in [0.29, 0.717) is 0 Å². The fraction of sp³-hybridized carbons (Fsp3) is 0.600. The fourth-order valence-electron chi connectivity index (χ4n) is 0.872. The minimum Gasteiger partial charge on any atom is -0.544 e. The Hall–Kier alpha value is -0.438. The van der Waals surface area contributed by atoms with E-state index < -0.39 is 8.32 Å². The van der Waals surface area contributed by atoms with Gasteiger partial charge < -0.3 is 4.43 Å². The molecule has 1 radical (unpaired) electrons. The number of rotatable bonds is 2. The van der Waals surface area contributed by atoms with Crippen molar-refractivity contribution in [3.8, 4) is 0 Å². The third-order valence-corrected chi connectivity index (χ3v) is 7.17. The lowest BCUT2D eigenvalue weighted by molar-refractivity contribution is 0.402. The van der Waals surface area contributed by atoms with Gasteiger partial charge in [-0.2, -0.15) is 0 Å². The van der Waals surface area contributed by atoms with Gasteiger partial charge in [-0.25, -0.2) is 0 Å². The summed E-state index contributed by atoms with van der Waals surface area (Å²) in [5.41, 5.74) is 0. The van der Waals surface area contributed by atoms with Crippen molar-refractivity contribution in [1.29, 1.82) is 0 Å². The minimum atomic E-state index is -1.61. The molecule has 1 aliphatic heterocycles. The summed E-state index contributed by atoms with van der Waals surface area (Å²) in [6.45, 7) is 11.3. The zero-order valence-electron chi connectivity index (χ0n) is 9.22. The summed E-state index contributed by atoms with van der Waals surface area (Å²) >= 11 is 0. The molecule has 0 fully saturated rings. The highest BCUT2D eigenvalue weighted by Crippen LogP contribution is 2.38. The number of hydrogen-bond acceptors (Lipinski definition) is 1. The van der Waals surface area contributed by atoms with Crippen LogP contribution in [0.3, 0.4) is 0 Å². The molecule has 0 saturated carbocycles. The van der Waals surface area contributed by atoms with Crippen molar-refractivity contribution in [2.24, 2.45) is 0 Å². The fourth-order valence-corrected chi connectivity index (χ4v) is 1.90. The highest BCUT2D eigenvalue weighted by atomic mass is 28.4. The molecular weight excluding hydrogens is 175 g/mol. The maximum Gasteiger partial charge on any atom is 0.250 e. The standard InChI is InChI=1S/C10H18BOSi/c1-10(2,3)13(4,5)12-9-6-7-11-8-9/h6-8H,1-5H3. The van der Waals surface area contributed by atoms with Crippen molar-refractivity contribution in [2.75, 3.05) is 0 Å². The summed E-state index contributed by atoms with van der Waals surface area (Å²) in [7, 11) is 0.407. The Balaban J connectivity index is 2.66. The first-order valence-corrected chi connectivity index (χ1v) is 7.64. The topological polar surface area (TPSA) is 9.23 Å². The SMILES string of the molecule is CC(C)(C)[Si](C)(C)OC1=C[B]C=C1. The molecule has 1 nitrogen and oxygen atoms in total. The Morgan fingerprint density at radius 1 is 1.31 bits per heavy atom. The van der Waals surface area contributed by atoms with Crippen LogP contribution in [0.25, 0.3) is 0 Å². The predicted molar refractivity (Wildman–Crippen MR) is 61.3 cm³/mol. The molecule has 0 aromatic carbocycles. The summed E-state index contributed by atoms with van der Waals surface area (Å²) in [6, 6.07) is 0. The van der Waals surface area contributed by atoms with Gasteiger partial charge in [-0.15, -0.1) is 5.98 Å².